The minimum absolute atomic E-state index is 0.00690. The monoisotopic (exact) mass is 390 g/mol. The van der Waals surface area contributed by atoms with Gasteiger partial charge in [0.15, 0.2) is 0 Å². The molecule has 1 heterocycles. The lowest BCUT2D eigenvalue weighted by Gasteiger charge is -2.26. The third-order valence-corrected chi connectivity index (χ3v) is 3.98. The van der Waals surface area contributed by atoms with Gasteiger partial charge >= 0.3 is 11.9 Å². The van der Waals surface area contributed by atoms with E-state index >= 15 is 0 Å². The van der Waals surface area contributed by atoms with Gasteiger partial charge in [0, 0.05) is 25.3 Å². The van der Waals surface area contributed by atoms with Crippen LogP contribution in [0.3, 0.4) is 0 Å². The van der Waals surface area contributed by atoms with E-state index in [1.165, 1.54) is 36.2 Å². The summed E-state index contributed by atoms with van der Waals surface area (Å²) in [4.78, 5) is 40.2. The first kappa shape index (κ1) is 20.3. The largest absolute Gasteiger partial charge is 0.465 e. The number of amides is 1. The van der Waals surface area contributed by atoms with Gasteiger partial charge in [-0.15, -0.1) is 0 Å². The number of halogens is 1. The first-order valence-corrected chi connectivity index (χ1v) is 8.25. The Bertz CT molecular complexity index is 871. The number of benzene rings is 1. The number of ether oxygens (including phenoxy) is 2. The van der Waals surface area contributed by atoms with Gasteiger partial charge in [0.1, 0.15) is 5.70 Å². The Morgan fingerprint density at radius 1 is 1.04 bits per heavy atom. The van der Waals surface area contributed by atoms with Crippen molar-refractivity contribution >= 4 is 35.1 Å². The van der Waals surface area contributed by atoms with Crippen molar-refractivity contribution in [2.75, 3.05) is 33.2 Å². The highest BCUT2D eigenvalue weighted by atomic mass is 35.5. The predicted molar refractivity (Wildman–Crippen MR) is 101 cm³/mol. The molecule has 0 aromatic heterocycles. The quantitative estimate of drug-likeness (QED) is 0.735. The number of anilines is 1. The molecule has 142 valence electrons. The number of rotatable bonds is 4. The highest BCUT2D eigenvalue weighted by molar-refractivity contribution is 6.31. The van der Waals surface area contributed by atoms with E-state index in [1.807, 2.05) is 0 Å². The van der Waals surface area contributed by atoms with Crippen LogP contribution in [-0.2, 0) is 19.1 Å². The van der Waals surface area contributed by atoms with E-state index in [-0.39, 0.29) is 22.7 Å². The van der Waals surface area contributed by atoms with Gasteiger partial charge in [-0.25, -0.2) is 9.59 Å². The molecule has 1 amide bonds. The van der Waals surface area contributed by atoms with Crippen molar-refractivity contribution in [2.45, 2.75) is 0 Å². The van der Waals surface area contributed by atoms with Gasteiger partial charge in [-0.1, -0.05) is 17.7 Å². The Hall–Kier alpha value is -3.06. The van der Waals surface area contributed by atoms with E-state index < -0.39 is 11.9 Å². The molecule has 0 aliphatic carbocycles. The average molecular weight is 391 g/mol. The van der Waals surface area contributed by atoms with Crippen LogP contribution in [0.15, 0.2) is 53.9 Å². The van der Waals surface area contributed by atoms with Crippen LogP contribution in [0.2, 0.25) is 5.02 Å². The van der Waals surface area contributed by atoms with Crippen LogP contribution >= 0.6 is 11.6 Å². The fourth-order valence-electron chi connectivity index (χ4n) is 2.48. The molecule has 2 rings (SSSR count). The molecule has 8 heteroatoms. The fraction of sp³-hybridized carbons (Fsp3) is 0.211. The van der Waals surface area contributed by atoms with Crippen LogP contribution in [0, 0.1) is 0 Å². The molecule has 7 nitrogen and oxygen atoms in total. The molecular formula is C19H19ClN2O5. The summed E-state index contributed by atoms with van der Waals surface area (Å²) in [5.74, 6) is -1.79. The molecule has 1 aromatic carbocycles. The van der Waals surface area contributed by atoms with Gasteiger partial charge in [-0.05, 0) is 30.4 Å². The first-order valence-electron chi connectivity index (χ1n) is 7.88. The van der Waals surface area contributed by atoms with Crippen LogP contribution in [-0.4, -0.2) is 51.1 Å². The second kappa shape index (κ2) is 8.55. The van der Waals surface area contributed by atoms with Gasteiger partial charge in [0.2, 0.25) is 0 Å². The van der Waals surface area contributed by atoms with Crippen molar-refractivity contribution < 1.29 is 23.9 Å². The first-order chi connectivity index (χ1) is 12.8. The minimum Gasteiger partial charge on any atom is -0.465 e. The summed E-state index contributed by atoms with van der Waals surface area (Å²) >= 11 is 6.07. The molecule has 0 saturated carbocycles. The molecule has 27 heavy (non-hydrogen) atoms. The highest BCUT2D eigenvalue weighted by Crippen LogP contribution is 2.31. The molecule has 0 fully saturated rings. The molecule has 0 radical (unpaired) electrons. The van der Waals surface area contributed by atoms with Crippen molar-refractivity contribution in [3.8, 4) is 0 Å². The summed E-state index contributed by atoms with van der Waals surface area (Å²) in [5, 5.41) is 0.359. The van der Waals surface area contributed by atoms with Crippen molar-refractivity contribution in [3.05, 3.63) is 64.5 Å². The molecule has 1 aromatic rings. The number of carbonyl (C=O) groups is 3. The Balaban J connectivity index is 2.77. The SMILES string of the molecule is COC(=O)C1=C(C(=O)OC)N(c2ccc(Cl)cc2C(=O)N(C)C)C=CC=C1. The maximum absolute atomic E-state index is 12.6. The second-order valence-electron chi connectivity index (χ2n) is 5.68. The summed E-state index contributed by atoms with van der Waals surface area (Å²) in [6.45, 7) is 0. The molecule has 0 atom stereocenters. The summed E-state index contributed by atoms with van der Waals surface area (Å²) < 4.78 is 9.64. The normalized spacial score (nSPS) is 13.3. The third kappa shape index (κ3) is 4.20. The highest BCUT2D eigenvalue weighted by Gasteiger charge is 2.30. The lowest BCUT2D eigenvalue weighted by Crippen LogP contribution is -2.30. The van der Waals surface area contributed by atoms with Crippen molar-refractivity contribution in [1.29, 1.82) is 0 Å². The van der Waals surface area contributed by atoms with Gasteiger partial charge in [-0.3, -0.25) is 4.79 Å². The van der Waals surface area contributed by atoms with Gasteiger partial charge < -0.3 is 19.3 Å². The van der Waals surface area contributed by atoms with E-state index in [4.69, 9.17) is 21.1 Å². The smallest absolute Gasteiger partial charge is 0.355 e. The van der Waals surface area contributed by atoms with Crippen molar-refractivity contribution in [2.24, 2.45) is 0 Å². The number of hydrogen-bond donors (Lipinski definition) is 0. The fourth-order valence-corrected chi connectivity index (χ4v) is 2.65. The zero-order valence-corrected chi connectivity index (χ0v) is 16.1. The van der Waals surface area contributed by atoms with Crippen LogP contribution in [0.4, 0.5) is 5.69 Å². The summed E-state index contributed by atoms with van der Waals surface area (Å²) in [6.07, 6.45) is 6.20. The Labute approximate surface area is 162 Å². The zero-order chi connectivity index (χ0) is 20.1. The zero-order valence-electron chi connectivity index (χ0n) is 15.4. The van der Waals surface area contributed by atoms with E-state index in [2.05, 4.69) is 0 Å². The molecule has 0 spiro atoms. The van der Waals surface area contributed by atoms with Crippen molar-refractivity contribution in [1.82, 2.24) is 4.90 Å². The molecule has 1 aliphatic heterocycles. The molecule has 0 saturated heterocycles. The molecular weight excluding hydrogens is 372 g/mol. The Kier molecular flexibility index (Phi) is 6.41. The van der Waals surface area contributed by atoms with Crippen LogP contribution in [0.1, 0.15) is 10.4 Å². The topological polar surface area (TPSA) is 76.2 Å². The average Bonchev–Trinajstić information content (AvgIpc) is 2.88. The van der Waals surface area contributed by atoms with Gasteiger partial charge in [0.25, 0.3) is 5.91 Å². The number of methoxy groups -OCH3 is 2. The number of allylic oxidation sites excluding steroid dienone is 2. The van der Waals surface area contributed by atoms with Crippen LogP contribution < -0.4 is 4.90 Å². The minimum atomic E-state index is -0.759. The Morgan fingerprint density at radius 3 is 2.30 bits per heavy atom. The van der Waals surface area contributed by atoms with Gasteiger partial charge in [0.05, 0.1) is 31.0 Å². The van der Waals surface area contributed by atoms with Gasteiger partial charge in [-0.2, -0.15) is 0 Å². The molecule has 0 N–H and O–H groups in total. The van der Waals surface area contributed by atoms with E-state index in [0.29, 0.717) is 10.7 Å². The summed E-state index contributed by atoms with van der Waals surface area (Å²) in [6, 6.07) is 4.67. The molecule has 0 unspecified atom stereocenters. The Morgan fingerprint density at radius 2 is 1.70 bits per heavy atom. The summed E-state index contributed by atoms with van der Waals surface area (Å²) in [5.41, 5.74) is 0.529. The number of carbonyl (C=O) groups excluding carboxylic acids is 3. The number of esters is 2. The second-order valence-corrected chi connectivity index (χ2v) is 6.11. The molecule has 0 bridgehead atoms. The predicted octanol–water partition coefficient (Wildman–Crippen LogP) is 2.53. The van der Waals surface area contributed by atoms with Crippen LogP contribution in [0.25, 0.3) is 0 Å². The van der Waals surface area contributed by atoms with Crippen molar-refractivity contribution in [3.63, 3.8) is 0 Å². The maximum atomic E-state index is 12.6. The van der Waals surface area contributed by atoms with E-state index in [0.717, 1.165) is 0 Å². The lowest BCUT2D eigenvalue weighted by atomic mass is 10.1. The molecule has 1 aliphatic rings. The lowest BCUT2D eigenvalue weighted by molar-refractivity contribution is -0.139. The summed E-state index contributed by atoms with van der Waals surface area (Å²) in [7, 11) is 5.62. The number of nitrogens with zero attached hydrogens (tertiary/aromatic N) is 2. The third-order valence-electron chi connectivity index (χ3n) is 3.74. The number of hydrogen-bond acceptors (Lipinski definition) is 6. The van der Waals surface area contributed by atoms with E-state index in [9.17, 15) is 14.4 Å². The van der Waals surface area contributed by atoms with E-state index in [1.54, 1.807) is 44.6 Å². The maximum Gasteiger partial charge on any atom is 0.355 e. The van der Waals surface area contributed by atoms with Crippen LogP contribution in [0.5, 0.6) is 0 Å². The standard InChI is InChI=1S/C19H19ClN2O5/c1-21(2)17(23)14-11-12(20)8-9-15(14)22-10-6-5-7-13(18(24)26-3)16(22)19(25)27-4/h5-11H,1-4H3.